The number of non-ortho nitro benzene ring substituents is 1. The molecule has 0 amide bonds. The lowest BCUT2D eigenvalue weighted by molar-refractivity contribution is -0.384. The van der Waals surface area contributed by atoms with Crippen molar-refractivity contribution in [3.05, 3.63) is 69.9 Å². The molecule has 0 N–H and O–H groups in total. The highest BCUT2D eigenvalue weighted by Gasteiger charge is 2.21. The second kappa shape index (κ2) is 5.60. The molecule has 0 spiro atoms. The predicted octanol–water partition coefficient (Wildman–Crippen LogP) is 3.63. The molecule has 0 aliphatic rings. The van der Waals surface area contributed by atoms with Gasteiger partial charge in [-0.05, 0) is 30.3 Å². The number of pyridine rings is 1. The van der Waals surface area contributed by atoms with Crippen LogP contribution in [0.1, 0.15) is 0 Å². The number of nitrogens with zero attached hydrogens (tertiary/aromatic N) is 2. The van der Waals surface area contributed by atoms with Crippen LogP contribution in [0.4, 0.5) is 5.69 Å². The van der Waals surface area contributed by atoms with Gasteiger partial charge in [0.25, 0.3) is 5.69 Å². The Kier molecular flexibility index (Phi) is 3.75. The van der Waals surface area contributed by atoms with E-state index < -0.39 is 14.8 Å². The van der Waals surface area contributed by atoms with E-state index in [9.17, 15) is 18.5 Å². The first-order valence-corrected chi connectivity index (χ1v) is 8.29. The third-order valence-corrected chi connectivity index (χ3v) is 5.38. The van der Waals surface area contributed by atoms with Crippen molar-refractivity contribution in [2.24, 2.45) is 0 Å². The lowest BCUT2D eigenvalue weighted by atomic mass is 10.2. The lowest BCUT2D eigenvalue weighted by Crippen LogP contribution is -2.03. The molecule has 3 aromatic rings. The Morgan fingerprint density at radius 2 is 1.74 bits per heavy atom. The molecule has 1 aromatic heterocycles. The van der Waals surface area contributed by atoms with Crippen LogP contribution in [0.15, 0.2) is 64.5 Å². The zero-order valence-electron chi connectivity index (χ0n) is 11.5. The average Bonchev–Trinajstić information content (AvgIpc) is 2.54. The molecule has 0 aliphatic carbocycles. The van der Waals surface area contributed by atoms with Crippen molar-refractivity contribution in [1.82, 2.24) is 4.98 Å². The normalized spacial score (nSPS) is 11.5. The molecule has 0 bridgehead atoms. The fourth-order valence-corrected chi connectivity index (χ4v) is 3.82. The maximum Gasteiger partial charge on any atom is 0.269 e. The molecular weight excluding hydrogens is 340 g/mol. The van der Waals surface area contributed by atoms with E-state index in [1.165, 1.54) is 24.4 Å². The van der Waals surface area contributed by atoms with E-state index in [0.29, 0.717) is 15.9 Å². The highest BCUT2D eigenvalue weighted by molar-refractivity contribution is 7.91. The van der Waals surface area contributed by atoms with Gasteiger partial charge in [-0.15, -0.1) is 0 Å². The van der Waals surface area contributed by atoms with Crippen molar-refractivity contribution < 1.29 is 13.3 Å². The summed E-state index contributed by atoms with van der Waals surface area (Å²) in [6, 6.07) is 10.9. The Morgan fingerprint density at radius 1 is 1.04 bits per heavy atom. The Morgan fingerprint density at radius 3 is 2.39 bits per heavy atom. The van der Waals surface area contributed by atoms with E-state index in [0.717, 1.165) is 12.1 Å². The van der Waals surface area contributed by atoms with Gasteiger partial charge in [-0.25, -0.2) is 8.42 Å². The summed E-state index contributed by atoms with van der Waals surface area (Å²) in [6.45, 7) is 0. The first-order chi connectivity index (χ1) is 10.9. The summed E-state index contributed by atoms with van der Waals surface area (Å²) in [5.41, 5.74) is 0.288. The Hall–Kier alpha value is -2.51. The van der Waals surface area contributed by atoms with Gasteiger partial charge >= 0.3 is 0 Å². The van der Waals surface area contributed by atoms with Gasteiger partial charge in [-0.1, -0.05) is 17.7 Å². The van der Waals surface area contributed by atoms with Gasteiger partial charge in [0, 0.05) is 28.7 Å². The minimum Gasteiger partial charge on any atom is -0.258 e. The van der Waals surface area contributed by atoms with Crippen molar-refractivity contribution >= 4 is 38.0 Å². The molecule has 0 radical (unpaired) electrons. The topological polar surface area (TPSA) is 90.2 Å². The van der Waals surface area contributed by atoms with E-state index in [1.54, 1.807) is 18.2 Å². The van der Waals surface area contributed by atoms with Gasteiger partial charge in [0.15, 0.2) is 0 Å². The Bertz CT molecular complexity index is 1020. The van der Waals surface area contributed by atoms with E-state index in [1.807, 2.05) is 0 Å². The third-order valence-electron chi connectivity index (χ3n) is 3.31. The van der Waals surface area contributed by atoms with Crippen molar-refractivity contribution in [2.45, 2.75) is 9.79 Å². The first-order valence-electron chi connectivity index (χ1n) is 6.43. The summed E-state index contributed by atoms with van der Waals surface area (Å²) in [6.07, 6.45) is 1.39. The number of rotatable bonds is 3. The van der Waals surface area contributed by atoms with E-state index >= 15 is 0 Å². The minimum atomic E-state index is -3.83. The van der Waals surface area contributed by atoms with Crippen LogP contribution in [0.5, 0.6) is 0 Å². The predicted molar refractivity (Wildman–Crippen MR) is 85.3 cm³/mol. The van der Waals surface area contributed by atoms with Crippen LogP contribution in [0.3, 0.4) is 0 Å². The number of hydrogen-bond donors (Lipinski definition) is 0. The molecular formula is C15H9ClN2O4S. The molecule has 116 valence electrons. The molecule has 1 heterocycles. The zero-order chi connectivity index (χ0) is 16.6. The molecule has 0 saturated carbocycles. The summed E-state index contributed by atoms with van der Waals surface area (Å²) in [7, 11) is -3.83. The van der Waals surface area contributed by atoms with Crippen molar-refractivity contribution in [2.75, 3.05) is 0 Å². The maximum atomic E-state index is 12.8. The molecule has 2 aromatic carbocycles. The summed E-state index contributed by atoms with van der Waals surface area (Å²) < 4.78 is 25.6. The standard InChI is InChI=1S/C15H9ClN2O4S/c16-10-1-6-13-14(9-10)17-8-7-15(13)23(21,22)12-4-2-11(3-5-12)18(19)20/h1-9H. The van der Waals surface area contributed by atoms with Crippen LogP contribution >= 0.6 is 11.6 Å². The number of sulfone groups is 1. The number of hydrogen-bond acceptors (Lipinski definition) is 5. The fraction of sp³-hybridized carbons (Fsp3) is 0. The van der Waals surface area contributed by atoms with Crippen molar-refractivity contribution in [3.63, 3.8) is 0 Å². The number of nitro groups is 1. The second-order valence-corrected chi connectivity index (χ2v) is 7.08. The number of fused-ring (bicyclic) bond motifs is 1. The van der Waals surface area contributed by atoms with Gasteiger partial charge < -0.3 is 0 Å². The van der Waals surface area contributed by atoms with E-state index in [-0.39, 0.29) is 15.5 Å². The monoisotopic (exact) mass is 348 g/mol. The maximum absolute atomic E-state index is 12.8. The Balaban J connectivity index is 2.18. The quantitative estimate of drug-likeness (QED) is 0.532. The van der Waals surface area contributed by atoms with E-state index in [4.69, 9.17) is 11.6 Å². The van der Waals surface area contributed by atoms with Gasteiger partial charge in [-0.3, -0.25) is 15.1 Å². The minimum absolute atomic E-state index is 0.0226. The van der Waals surface area contributed by atoms with Crippen molar-refractivity contribution in [1.29, 1.82) is 0 Å². The number of nitro benzene ring substituents is 1. The average molecular weight is 349 g/mol. The SMILES string of the molecule is O=[N+]([O-])c1ccc(S(=O)(=O)c2ccnc3cc(Cl)ccc23)cc1. The molecule has 0 saturated heterocycles. The summed E-state index contributed by atoms with van der Waals surface area (Å²) >= 11 is 5.90. The third kappa shape index (κ3) is 2.76. The fourth-order valence-electron chi connectivity index (χ4n) is 2.20. The number of aromatic nitrogens is 1. The van der Waals surface area contributed by atoms with Crippen LogP contribution in [0.2, 0.25) is 5.02 Å². The van der Waals surface area contributed by atoms with Gasteiger partial charge in [0.2, 0.25) is 9.84 Å². The van der Waals surface area contributed by atoms with Crippen LogP contribution in [-0.4, -0.2) is 18.3 Å². The van der Waals surface area contributed by atoms with Gasteiger partial charge in [0.1, 0.15) is 0 Å². The molecule has 8 heteroatoms. The van der Waals surface area contributed by atoms with Crippen LogP contribution in [0.25, 0.3) is 10.9 Å². The molecule has 0 aliphatic heterocycles. The number of halogens is 1. The van der Waals surface area contributed by atoms with Crippen LogP contribution in [0, 0.1) is 10.1 Å². The largest absolute Gasteiger partial charge is 0.269 e. The highest BCUT2D eigenvalue weighted by atomic mass is 35.5. The molecule has 3 rings (SSSR count). The van der Waals surface area contributed by atoms with Gasteiger partial charge in [-0.2, -0.15) is 0 Å². The molecule has 0 unspecified atom stereocenters. The zero-order valence-corrected chi connectivity index (χ0v) is 13.1. The molecule has 0 atom stereocenters. The first kappa shape index (κ1) is 15.4. The van der Waals surface area contributed by atoms with Gasteiger partial charge in [0.05, 0.1) is 20.2 Å². The summed E-state index contributed by atoms with van der Waals surface area (Å²) in [5.74, 6) is 0. The Labute approximate surface area is 136 Å². The molecule has 0 fully saturated rings. The summed E-state index contributed by atoms with van der Waals surface area (Å²) in [5, 5.41) is 11.6. The number of benzene rings is 2. The van der Waals surface area contributed by atoms with E-state index in [2.05, 4.69) is 4.98 Å². The molecule has 23 heavy (non-hydrogen) atoms. The van der Waals surface area contributed by atoms with Crippen molar-refractivity contribution in [3.8, 4) is 0 Å². The highest BCUT2D eigenvalue weighted by Crippen LogP contribution is 2.29. The smallest absolute Gasteiger partial charge is 0.258 e. The van der Waals surface area contributed by atoms with Crippen LogP contribution in [-0.2, 0) is 9.84 Å². The lowest BCUT2D eigenvalue weighted by Gasteiger charge is -2.08. The summed E-state index contributed by atoms with van der Waals surface area (Å²) in [4.78, 5) is 14.3. The second-order valence-electron chi connectivity index (χ2n) is 4.73. The molecule has 6 nitrogen and oxygen atoms in total. The van der Waals surface area contributed by atoms with Crippen LogP contribution < -0.4 is 0 Å².